The summed E-state index contributed by atoms with van der Waals surface area (Å²) in [4.78, 5) is 18.7. The SMILES string of the molecule is CC(C)(C)C(=O)Nc1cccc(Sc2ccc3c(/C=C/c4ccccn4)n[nH]c3c2)c1. The van der Waals surface area contributed by atoms with E-state index in [0.717, 1.165) is 37.8 Å². The quantitative estimate of drug-likeness (QED) is 0.393. The Bertz CT molecular complexity index is 1240. The van der Waals surface area contributed by atoms with Crippen LogP contribution in [0.4, 0.5) is 5.69 Å². The molecular weight excluding hydrogens is 404 g/mol. The standard InChI is InChI=1S/C25H24N4OS/c1-25(2,3)24(30)27-18-8-6-9-19(15-18)31-20-11-12-21-22(28-29-23(21)16-20)13-10-17-7-4-5-14-26-17/h4-16H,1-3H3,(H,27,30)(H,28,29)/b13-10+. The van der Waals surface area contributed by atoms with Crippen molar-refractivity contribution in [2.45, 2.75) is 30.6 Å². The molecule has 6 heteroatoms. The van der Waals surface area contributed by atoms with Gasteiger partial charge in [0.05, 0.1) is 16.9 Å². The van der Waals surface area contributed by atoms with Gasteiger partial charge in [-0.15, -0.1) is 0 Å². The Balaban J connectivity index is 1.50. The monoisotopic (exact) mass is 428 g/mol. The molecular formula is C25H24N4OS. The average molecular weight is 429 g/mol. The second kappa shape index (κ2) is 8.78. The molecule has 2 aromatic carbocycles. The highest BCUT2D eigenvalue weighted by molar-refractivity contribution is 7.99. The number of H-pyrrole nitrogens is 1. The van der Waals surface area contributed by atoms with Crippen molar-refractivity contribution < 1.29 is 4.79 Å². The van der Waals surface area contributed by atoms with Crippen LogP contribution in [0.3, 0.4) is 0 Å². The first-order valence-electron chi connectivity index (χ1n) is 10.1. The van der Waals surface area contributed by atoms with E-state index in [1.165, 1.54) is 0 Å². The molecule has 0 saturated heterocycles. The van der Waals surface area contributed by atoms with E-state index in [9.17, 15) is 4.79 Å². The molecule has 2 heterocycles. The van der Waals surface area contributed by atoms with Gasteiger partial charge in [0.15, 0.2) is 0 Å². The minimum absolute atomic E-state index is 0.000170. The Kier molecular flexibility index (Phi) is 5.91. The third kappa shape index (κ3) is 5.22. The number of amides is 1. The summed E-state index contributed by atoms with van der Waals surface area (Å²) in [6.07, 6.45) is 5.69. The Hall–Kier alpha value is -3.38. The van der Waals surface area contributed by atoms with Crippen molar-refractivity contribution in [3.8, 4) is 0 Å². The number of fused-ring (bicyclic) bond motifs is 1. The van der Waals surface area contributed by atoms with Gasteiger partial charge in [0.1, 0.15) is 0 Å². The highest BCUT2D eigenvalue weighted by Gasteiger charge is 2.21. The molecule has 4 rings (SSSR count). The molecule has 0 aliphatic rings. The molecule has 0 aliphatic carbocycles. The van der Waals surface area contributed by atoms with Crippen molar-refractivity contribution in [2.75, 3.05) is 5.32 Å². The summed E-state index contributed by atoms with van der Waals surface area (Å²) in [5, 5.41) is 11.6. The minimum Gasteiger partial charge on any atom is -0.326 e. The topological polar surface area (TPSA) is 70.7 Å². The van der Waals surface area contributed by atoms with Crippen LogP contribution in [0.25, 0.3) is 23.1 Å². The average Bonchev–Trinajstić information content (AvgIpc) is 3.15. The lowest BCUT2D eigenvalue weighted by molar-refractivity contribution is -0.123. The molecule has 0 saturated carbocycles. The van der Waals surface area contributed by atoms with Gasteiger partial charge in [-0.05, 0) is 60.7 Å². The van der Waals surface area contributed by atoms with Crippen LogP contribution in [0.2, 0.25) is 0 Å². The third-order valence-electron chi connectivity index (χ3n) is 4.67. The molecule has 5 nitrogen and oxygen atoms in total. The molecule has 0 aliphatic heterocycles. The molecule has 4 aromatic rings. The van der Waals surface area contributed by atoms with E-state index >= 15 is 0 Å². The zero-order valence-electron chi connectivity index (χ0n) is 17.7. The lowest BCUT2D eigenvalue weighted by Gasteiger charge is -2.18. The summed E-state index contributed by atoms with van der Waals surface area (Å²) in [5.74, 6) is -0.000170. The fourth-order valence-electron chi connectivity index (χ4n) is 2.94. The first kappa shape index (κ1) is 20.9. The van der Waals surface area contributed by atoms with E-state index in [-0.39, 0.29) is 5.91 Å². The molecule has 1 amide bonds. The van der Waals surface area contributed by atoms with Crippen LogP contribution in [0, 0.1) is 5.41 Å². The molecule has 0 radical (unpaired) electrons. The van der Waals surface area contributed by atoms with E-state index in [0.29, 0.717) is 0 Å². The highest BCUT2D eigenvalue weighted by atomic mass is 32.2. The van der Waals surface area contributed by atoms with E-state index < -0.39 is 5.41 Å². The van der Waals surface area contributed by atoms with Gasteiger partial charge in [0.25, 0.3) is 0 Å². The summed E-state index contributed by atoms with van der Waals surface area (Å²) < 4.78 is 0. The van der Waals surface area contributed by atoms with Gasteiger partial charge in [-0.3, -0.25) is 14.9 Å². The summed E-state index contributed by atoms with van der Waals surface area (Å²) in [6, 6.07) is 20.0. The van der Waals surface area contributed by atoms with E-state index in [2.05, 4.69) is 38.7 Å². The van der Waals surface area contributed by atoms with Gasteiger partial charge < -0.3 is 5.32 Å². The van der Waals surface area contributed by atoms with Crippen LogP contribution in [0.15, 0.2) is 76.7 Å². The van der Waals surface area contributed by atoms with Crippen LogP contribution in [-0.2, 0) is 4.79 Å². The zero-order chi connectivity index (χ0) is 21.8. The Labute approximate surface area is 186 Å². The summed E-state index contributed by atoms with van der Waals surface area (Å²) in [7, 11) is 0. The maximum Gasteiger partial charge on any atom is 0.229 e. The molecule has 156 valence electrons. The number of aromatic amines is 1. The lowest BCUT2D eigenvalue weighted by atomic mass is 9.95. The smallest absolute Gasteiger partial charge is 0.229 e. The summed E-state index contributed by atoms with van der Waals surface area (Å²) in [5.41, 5.74) is 3.11. The van der Waals surface area contributed by atoms with E-state index in [1.807, 2.05) is 75.4 Å². The summed E-state index contributed by atoms with van der Waals surface area (Å²) in [6.45, 7) is 5.71. The van der Waals surface area contributed by atoms with Crippen LogP contribution in [0.1, 0.15) is 32.2 Å². The maximum atomic E-state index is 12.3. The number of aromatic nitrogens is 3. The molecule has 0 fully saturated rings. The molecule has 31 heavy (non-hydrogen) atoms. The number of carbonyl (C=O) groups excluding carboxylic acids is 1. The van der Waals surface area contributed by atoms with E-state index in [4.69, 9.17) is 0 Å². The number of hydrogen-bond donors (Lipinski definition) is 2. The first-order chi connectivity index (χ1) is 14.9. The number of nitrogens with one attached hydrogen (secondary N) is 2. The highest BCUT2D eigenvalue weighted by Crippen LogP contribution is 2.32. The number of carbonyl (C=O) groups is 1. The fourth-order valence-corrected chi connectivity index (χ4v) is 3.86. The van der Waals surface area contributed by atoms with Crippen molar-refractivity contribution in [3.05, 3.63) is 78.2 Å². The van der Waals surface area contributed by atoms with Crippen LogP contribution in [0.5, 0.6) is 0 Å². The maximum absolute atomic E-state index is 12.3. The van der Waals surface area contributed by atoms with Crippen LogP contribution in [-0.4, -0.2) is 21.1 Å². The predicted octanol–water partition coefficient (Wildman–Crippen LogP) is 6.26. The number of hydrogen-bond acceptors (Lipinski definition) is 4. The van der Waals surface area contributed by atoms with Gasteiger partial charge in [-0.1, -0.05) is 44.7 Å². The number of anilines is 1. The Morgan fingerprint density at radius 3 is 2.61 bits per heavy atom. The Morgan fingerprint density at radius 1 is 1.00 bits per heavy atom. The molecule has 0 spiro atoms. The second-order valence-electron chi connectivity index (χ2n) is 8.24. The van der Waals surface area contributed by atoms with Gasteiger partial charge in [-0.25, -0.2) is 0 Å². The molecule has 2 N–H and O–H groups in total. The van der Waals surface area contributed by atoms with Crippen LogP contribution < -0.4 is 5.32 Å². The van der Waals surface area contributed by atoms with Crippen molar-refractivity contribution in [3.63, 3.8) is 0 Å². The number of pyridine rings is 1. The van der Waals surface area contributed by atoms with Crippen molar-refractivity contribution in [2.24, 2.45) is 5.41 Å². The van der Waals surface area contributed by atoms with Gasteiger partial charge in [-0.2, -0.15) is 5.10 Å². The third-order valence-corrected chi connectivity index (χ3v) is 5.65. The van der Waals surface area contributed by atoms with Gasteiger partial charge >= 0.3 is 0 Å². The zero-order valence-corrected chi connectivity index (χ0v) is 18.5. The molecule has 0 atom stereocenters. The number of nitrogens with zero attached hydrogens (tertiary/aromatic N) is 2. The summed E-state index contributed by atoms with van der Waals surface area (Å²) >= 11 is 1.64. The fraction of sp³-hybridized carbons (Fsp3) is 0.160. The van der Waals surface area contributed by atoms with Crippen LogP contribution >= 0.6 is 11.8 Å². The normalized spacial score (nSPS) is 11.8. The predicted molar refractivity (Wildman–Crippen MR) is 128 cm³/mol. The lowest BCUT2D eigenvalue weighted by Crippen LogP contribution is -2.27. The first-order valence-corrected chi connectivity index (χ1v) is 10.9. The van der Waals surface area contributed by atoms with Crippen molar-refractivity contribution >= 4 is 46.4 Å². The van der Waals surface area contributed by atoms with Gasteiger partial charge in [0.2, 0.25) is 5.91 Å². The van der Waals surface area contributed by atoms with Crippen molar-refractivity contribution in [1.29, 1.82) is 0 Å². The number of rotatable bonds is 5. The minimum atomic E-state index is -0.433. The van der Waals surface area contributed by atoms with Gasteiger partial charge in [0, 0.05) is 32.5 Å². The van der Waals surface area contributed by atoms with E-state index in [1.54, 1.807) is 18.0 Å². The molecule has 2 aromatic heterocycles. The molecule has 0 unspecified atom stereocenters. The number of benzene rings is 2. The van der Waals surface area contributed by atoms with Crippen molar-refractivity contribution in [1.82, 2.24) is 15.2 Å². The largest absolute Gasteiger partial charge is 0.326 e. The molecule has 0 bridgehead atoms. The second-order valence-corrected chi connectivity index (χ2v) is 9.39. The Morgan fingerprint density at radius 2 is 1.84 bits per heavy atom.